The largest absolute Gasteiger partial charge is 0.497 e. The molecule has 0 amide bonds. The van der Waals surface area contributed by atoms with Crippen LogP contribution in [0.15, 0.2) is 71.5 Å². The Morgan fingerprint density at radius 3 is 2.66 bits per heavy atom. The number of methoxy groups -OCH3 is 1. The van der Waals surface area contributed by atoms with Crippen LogP contribution in [0.5, 0.6) is 17.2 Å². The van der Waals surface area contributed by atoms with Crippen LogP contribution in [0.25, 0.3) is 10.9 Å². The predicted octanol–water partition coefficient (Wildman–Crippen LogP) is 4.80. The molecule has 2 N–H and O–H groups in total. The lowest BCUT2D eigenvalue weighted by Crippen LogP contribution is -2.35. The highest BCUT2D eigenvalue weighted by Gasteiger charge is 2.18. The van der Waals surface area contributed by atoms with E-state index >= 15 is 0 Å². The summed E-state index contributed by atoms with van der Waals surface area (Å²) < 4.78 is 29.5. The fourth-order valence-corrected chi connectivity index (χ4v) is 4.12. The third-order valence-corrected chi connectivity index (χ3v) is 6.04. The van der Waals surface area contributed by atoms with Crippen molar-refractivity contribution in [1.82, 2.24) is 9.88 Å². The lowest BCUT2D eigenvalue weighted by molar-refractivity contribution is 0.174. The van der Waals surface area contributed by atoms with Crippen molar-refractivity contribution in [2.24, 2.45) is 0 Å². The molecule has 0 saturated carbocycles. The Labute approximate surface area is 206 Å². The maximum Gasteiger partial charge on any atom is 0.253 e. The molecule has 1 aliphatic heterocycles. The number of hydrogen-bond donors (Lipinski definition) is 2. The standard InChI is InChI=1S/C26H22FN3O4S/c1-32-21-8-3-17-11-18(25(31)29-22(17)12-21)14-30(26(35)28-20-6-4-19(27)5-7-20)13-16-2-9-23-24(10-16)34-15-33-23/h2-12H,13-15H2,1H3,(H,28,35)(H,29,31). The number of pyridine rings is 1. The highest BCUT2D eigenvalue weighted by Crippen LogP contribution is 2.33. The van der Waals surface area contributed by atoms with Gasteiger partial charge in [0.05, 0.1) is 19.2 Å². The molecule has 0 aliphatic carbocycles. The highest BCUT2D eigenvalue weighted by atomic mass is 32.1. The monoisotopic (exact) mass is 491 g/mol. The summed E-state index contributed by atoms with van der Waals surface area (Å²) in [5.74, 6) is 1.68. The van der Waals surface area contributed by atoms with Crippen molar-refractivity contribution in [3.8, 4) is 17.2 Å². The summed E-state index contributed by atoms with van der Waals surface area (Å²) >= 11 is 5.70. The van der Waals surface area contributed by atoms with E-state index in [0.29, 0.717) is 45.7 Å². The summed E-state index contributed by atoms with van der Waals surface area (Å²) in [4.78, 5) is 17.7. The second-order valence-electron chi connectivity index (χ2n) is 8.06. The number of fused-ring (bicyclic) bond motifs is 2. The zero-order valence-electron chi connectivity index (χ0n) is 18.8. The van der Waals surface area contributed by atoms with Crippen LogP contribution in [0.3, 0.4) is 0 Å². The maximum atomic E-state index is 13.3. The van der Waals surface area contributed by atoms with Crippen molar-refractivity contribution in [1.29, 1.82) is 0 Å². The zero-order chi connectivity index (χ0) is 24.4. The lowest BCUT2D eigenvalue weighted by atomic mass is 10.1. The third-order valence-electron chi connectivity index (χ3n) is 5.68. The average Bonchev–Trinajstić information content (AvgIpc) is 3.33. The number of aromatic nitrogens is 1. The molecule has 0 fully saturated rings. The van der Waals surface area contributed by atoms with Crippen LogP contribution in [0.2, 0.25) is 0 Å². The summed E-state index contributed by atoms with van der Waals surface area (Å²) in [5, 5.41) is 4.41. The van der Waals surface area contributed by atoms with Crippen molar-refractivity contribution in [3.05, 3.63) is 94.0 Å². The third kappa shape index (κ3) is 5.04. The first kappa shape index (κ1) is 22.7. The van der Waals surface area contributed by atoms with E-state index in [1.807, 2.05) is 41.3 Å². The van der Waals surface area contributed by atoms with E-state index in [1.165, 1.54) is 12.1 Å². The SMILES string of the molecule is COc1ccc2cc(CN(Cc3ccc4c(c3)OCO4)C(=S)Nc3ccc(F)cc3)c(=O)[nH]c2c1. The molecule has 0 saturated heterocycles. The molecule has 0 unspecified atom stereocenters. The Bertz CT molecular complexity index is 1460. The molecule has 9 heteroatoms. The molecule has 1 aliphatic rings. The minimum Gasteiger partial charge on any atom is -0.497 e. The van der Waals surface area contributed by atoms with Gasteiger partial charge < -0.3 is 29.4 Å². The maximum absolute atomic E-state index is 13.3. The Morgan fingerprint density at radius 2 is 1.86 bits per heavy atom. The van der Waals surface area contributed by atoms with Crippen molar-refractivity contribution in [2.75, 3.05) is 19.2 Å². The van der Waals surface area contributed by atoms with Crippen LogP contribution >= 0.6 is 12.2 Å². The number of benzene rings is 3. The van der Waals surface area contributed by atoms with Crippen molar-refractivity contribution >= 4 is 33.9 Å². The van der Waals surface area contributed by atoms with Gasteiger partial charge in [-0.3, -0.25) is 4.79 Å². The Balaban J connectivity index is 1.45. The molecule has 1 aromatic heterocycles. The number of H-pyrrole nitrogens is 1. The molecule has 0 bridgehead atoms. The average molecular weight is 492 g/mol. The van der Waals surface area contributed by atoms with E-state index in [0.717, 1.165) is 10.9 Å². The number of halogens is 1. The van der Waals surface area contributed by atoms with Crippen molar-refractivity contribution in [3.63, 3.8) is 0 Å². The molecule has 2 heterocycles. The van der Waals surface area contributed by atoms with E-state index in [1.54, 1.807) is 25.3 Å². The van der Waals surface area contributed by atoms with E-state index < -0.39 is 0 Å². The summed E-state index contributed by atoms with van der Waals surface area (Å²) in [6.45, 7) is 0.840. The van der Waals surface area contributed by atoms with E-state index in [-0.39, 0.29) is 24.7 Å². The fraction of sp³-hybridized carbons (Fsp3) is 0.154. The first-order valence-corrected chi connectivity index (χ1v) is 11.3. The quantitative estimate of drug-likeness (QED) is 0.375. The minimum atomic E-state index is -0.335. The number of thiocarbonyl (C=S) groups is 1. The molecule has 0 spiro atoms. The Kier molecular flexibility index (Phi) is 6.24. The molecule has 7 nitrogen and oxygen atoms in total. The highest BCUT2D eigenvalue weighted by molar-refractivity contribution is 7.80. The fourth-order valence-electron chi connectivity index (χ4n) is 3.87. The van der Waals surface area contributed by atoms with Gasteiger partial charge in [0.2, 0.25) is 6.79 Å². The van der Waals surface area contributed by atoms with Gasteiger partial charge in [0.25, 0.3) is 5.56 Å². The Morgan fingerprint density at radius 1 is 1.06 bits per heavy atom. The molecule has 3 aromatic carbocycles. The van der Waals surface area contributed by atoms with Crippen molar-refractivity contribution in [2.45, 2.75) is 13.1 Å². The molecule has 5 rings (SSSR count). The number of aromatic amines is 1. The molecule has 0 radical (unpaired) electrons. The van der Waals surface area contributed by atoms with Gasteiger partial charge >= 0.3 is 0 Å². The van der Waals surface area contributed by atoms with Crippen LogP contribution in [-0.2, 0) is 13.1 Å². The molecule has 178 valence electrons. The van der Waals surface area contributed by atoms with Gasteiger partial charge in [0.1, 0.15) is 11.6 Å². The van der Waals surface area contributed by atoms with Gasteiger partial charge in [-0.25, -0.2) is 4.39 Å². The van der Waals surface area contributed by atoms with Crippen LogP contribution < -0.4 is 25.1 Å². The van der Waals surface area contributed by atoms with Gasteiger partial charge in [-0.05, 0) is 77.8 Å². The first-order chi connectivity index (χ1) is 17.0. The van der Waals surface area contributed by atoms with E-state index in [9.17, 15) is 9.18 Å². The smallest absolute Gasteiger partial charge is 0.253 e. The predicted molar refractivity (Wildman–Crippen MR) is 136 cm³/mol. The van der Waals surface area contributed by atoms with Crippen LogP contribution in [0.1, 0.15) is 11.1 Å². The molecule has 4 aromatic rings. The van der Waals surface area contributed by atoms with Gasteiger partial charge in [-0.15, -0.1) is 0 Å². The summed E-state index contributed by atoms with van der Waals surface area (Å²) in [6.07, 6.45) is 0. The van der Waals surface area contributed by atoms with Crippen LogP contribution in [0.4, 0.5) is 10.1 Å². The second-order valence-corrected chi connectivity index (χ2v) is 8.44. The zero-order valence-corrected chi connectivity index (χ0v) is 19.7. The van der Waals surface area contributed by atoms with Crippen LogP contribution in [0, 0.1) is 5.82 Å². The van der Waals surface area contributed by atoms with Gasteiger partial charge in [0.15, 0.2) is 16.6 Å². The first-order valence-electron chi connectivity index (χ1n) is 10.9. The number of nitrogens with one attached hydrogen (secondary N) is 2. The molecule has 0 atom stereocenters. The molecular weight excluding hydrogens is 469 g/mol. The second kappa shape index (κ2) is 9.63. The topological polar surface area (TPSA) is 75.8 Å². The normalized spacial score (nSPS) is 11.9. The number of anilines is 1. The summed E-state index contributed by atoms with van der Waals surface area (Å²) in [6, 6.07) is 19.0. The number of ether oxygens (including phenoxy) is 3. The number of rotatable bonds is 6. The van der Waals surface area contributed by atoms with E-state index in [4.69, 9.17) is 26.4 Å². The number of hydrogen-bond acceptors (Lipinski definition) is 5. The Hall–Kier alpha value is -4.11. The molecule has 35 heavy (non-hydrogen) atoms. The summed E-state index contributed by atoms with van der Waals surface area (Å²) in [7, 11) is 1.58. The van der Waals surface area contributed by atoms with Crippen LogP contribution in [-0.4, -0.2) is 28.9 Å². The van der Waals surface area contributed by atoms with Gasteiger partial charge in [-0.2, -0.15) is 0 Å². The lowest BCUT2D eigenvalue weighted by Gasteiger charge is -2.26. The summed E-state index contributed by atoms with van der Waals surface area (Å²) in [5.41, 5.74) is 2.59. The number of nitrogens with zero attached hydrogens (tertiary/aromatic N) is 1. The minimum absolute atomic E-state index is 0.185. The van der Waals surface area contributed by atoms with E-state index in [2.05, 4.69) is 10.3 Å². The van der Waals surface area contributed by atoms with Gasteiger partial charge in [-0.1, -0.05) is 6.07 Å². The van der Waals surface area contributed by atoms with Crippen molar-refractivity contribution < 1.29 is 18.6 Å². The van der Waals surface area contributed by atoms with Gasteiger partial charge in [0, 0.05) is 23.9 Å². The molecular formula is C26H22FN3O4S.